The van der Waals surface area contributed by atoms with Gasteiger partial charge < -0.3 is 14.6 Å². The first-order valence-electron chi connectivity index (χ1n) is 6.46. The molecule has 0 saturated heterocycles. The second-order valence-corrected chi connectivity index (χ2v) is 4.65. The van der Waals surface area contributed by atoms with E-state index in [1.54, 1.807) is 0 Å². The molecule has 1 heterocycles. The van der Waals surface area contributed by atoms with Gasteiger partial charge in [0.1, 0.15) is 11.5 Å². The molecule has 0 bridgehead atoms. The Balaban J connectivity index is 3.34. The van der Waals surface area contributed by atoms with Crippen molar-refractivity contribution in [3.8, 4) is 0 Å². The van der Waals surface area contributed by atoms with Gasteiger partial charge >= 0.3 is 0 Å². The minimum Gasteiger partial charge on any atom is -0.465 e. The van der Waals surface area contributed by atoms with E-state index in [4.69, 9.17) is 4.42 Å². The molecule has 0 aromatic carbocycles. The molecular formula is C14H24O3. The average molecular weight is 240 g/mol. The third-order valence-corrected chi connectivity index (χ3v) is 3.31. The maximum absolute atomic E-state index is 9.36. The van der Waals surface area contributed by atoms with Gasteiger partial charge in [0.25, 0.3) is 0 Å². The fourth-order valence-corrected chi connectivity index (χ4v) is 2.35. The summed E-state index contributed by atoms with van der Waals surface area (Å²) in [5, 5.41) is 18.7. The zero-order valence-electron chi connectivity index (χ0n) is 11.3. The van der Waals surface area contributed by atoms with Crippen LogP contribution in [0.1, 0.15) is 62.2 Å². The van der Waals surface area contributed by atoms with Crippen LogP contribution in [0.2, 0.25) is 0 Å². The molecule has 3 heteroatoms. The standard InChI is InChI=1S/C14H24O3/c1-5-11-13(9(3)7-15)14(10(4)8-16)12(6-2)17-11/h9-10,15-16H,5-8H2,1-4H3. The van der Waals surface area contributed by atoms with Crippen molar-refractivity contribution in [1.82, 2.24) is 0 Å². The second-order valence-electron chi connectivity index (χ2n) is 4.65. The highest BCUT2D eigenvalue weighted by Gasteiger charge is 2.25. The Hall–Kier alpha value is -0.800. The molecule has 1 rings (SSSR count). The quantitative estimate of drug-likeness (QED) is 0.803. The van der Waals surface area contributed by atoms with Gasteiger partial charge in [0.2, 0.25) is 0 Å². The van der Waals surface area contributed by atoms with Crippen molar-refractivity contribution >= 4 is 0 Å². The number of furan rings is 1. The summed E-state index contributed by atoms with van der Waals surface area (Å²) in [6.07, 6.45) is 1.65. The molecular weight excluding hydrogens is 216 g/mol. The summed E-state index contributed by atoms with van der Waals surface area (Å²) in [7, 11) is 0. The minimum atomic E-state index is 0.0676. The van der Waals surface area contributed by atoms with E-state index in [2.05, 4.69) is 13.8 Å². The van der Waals surface area contributed by atoms with Crippen LogP contribution < -0.4 is 0 Å². The van der Waals surface area contributed by atoms with Crippen molar-refractivity contribution in [3.63, 3.8) is 0 Å². The molecule has 2 unspecified atom stereocenters. The van der Waals surface area contributed by atoms with Gasteiger partial charge in [-0.3, -0.25) is 0 Å². The van der Waals surface area contributed by atoms with E-state index >= 15 is 0 Å². The number of aryl methyl sites for hydroxylation is 2. The summed E-state index contributed by atoms with van der Waals surface area (Å²) in [4.78, 5) is 0. The summed E-state index contributed by atoms with van der Waals surface area (Å²) in [6.45, 7) is 8.33. The van der Waals surface area contributed by atoms with Gasteiger partial charge in [-0.2, -0.15) is 0 Å². The van der Waals surface area contributed by atoms with Gasteiger partial charge in [0.15, 0.2) is 0 Å². The maximum Gasteiger partial charge on any atom is 0.107 e. The van der Waals surface area contributed by atoms with Crippen LogP contribution in [0.25, 0.3) is 0 Å². The van der Waals surface area contributed by atoms with Gasteiger partial charge in [-0.25, -0.2) is 0 Å². The third-order valence-electron chi connectivity index (χ3n) is 3.31. The number of hydrogen-bond acceptors (Lipinski definition) is 3. The Bertz CT molecular complexity index is 322. The van der Waals surface area contributed by atoms with Crippen molar-refractivity contribution in [1.29, 1.82) is 0 Å². The molecule has 98 valence electrons. The van der Waals surface area contributed by atoms with Crippen LogP contribution in [-0.2, 0) is 12.8 Å². The Morgan fingerprint density at radius 1 is 0.882 bits per heavy atom. The van der Waals surface area contributed by atoms with Crippen molar-refractivity contribution in [2.75, 3.05) is 13.2 Å². The zero-order valence-corrected chi connectivity index (χ0v) is 11.3. The fourth-order valence-electron chi connectivity index (χ4n) is 2.35. The van der Waals surface area contributed by atoms with Gasteiger partial charge in [0.05, 0.1) is 0 Å². The maximum atomic E-state index is 9.36. The largest absolute Gasteiger partial charge is 0.465 e. The highest BCUT2D eigenvalue weighted by atomic mass is 16.3. The lowest BCUT2D eigenvalue weighted by molar-refractivity contribution is 0.263. The molecule has 2 N–H and O–H groups in total. The first-order valence-corrected chi connectivity index (χ1v) is 6.46. The van der Waals surface area contributed by atoms with E-state index < -0.39 is 0 Å². The predicted molar refractivity (Wildman–Crippen MR) is 68.5 cm³/mol. The first-order chi connectivity index (χ1) is 8.10. The van der Waals surface area contributed by atoms with Crippen LogP contribution in [-0.4, -0.2) is 23.4 Å². The van der Waals surface area contributed by atoms with E-state index in [0.29, 0.717) is 0 Å². The number of aliphatic hydroxyl groups excluding tert-OH is 2. The van der Waals surface area contributed by atoms with Gasteiger partial charge in [-0.05, 0) is 0 Å². The van der Waals surface area contributed by atoms with Crippen LogP contribution >= 0.6 is 0 Å². The van der Waals surface area contributed by atoms with Crippen LogP contribution in [0.3, 0.4) is 0 Å². The summed E-state index contributed by atoms with van der Waals surface area (Å²) in [6, 6.07) is 0. The normalized spacial score (nSPS) is 14.9. The van der Waals surface area contributed by atoms with Crippen molar-refractivity contribution in [3.05, 3.63) is 22.6 Å². The zero-order chi connectivity index (χ0) is 13.0. The lowest BCUT2D eigenvalue weighted by Crippen LogP contribution is -2.09. The topological polar surface area (TPSA) is 53.6 Å². The van der Waals surface area contributed by atoms with Crippen LogP contribution in [0.5, 0.6) is 0 Å². The van der Waals surface area contributed by atoms with Crippen molar-refractivity contribution in [2.24, 2.45) is 0 Å². The first kappa shape index (κ1) is 14.3. The monoisotopic (exact) mass is 240 g/mol. The summed E-state index contributed by atoms with van der Waals surface area (Å²) < 4.78 is 5.87. The van der Waals surface area contributed by atoms with E-state index in [-0.39, 0.29) is 25.0 Å². The summed E-state index contributed by atoms with van der Waals surface area (Å²) in [5.74, 6) is 2.05. The molecule has 3 nitrogen and oxygen atoms in total. The molecule has 0 aliphatic rings. The minimum absolute atomic E-state index is 0.0676. The van der Waals surface area contributed by atoms with E-state index in [9.17, 15) is 10.2 Å². The molecule has 0 aliphatic heterocycles. The molecule has 0 amide bonds. The Morgan fingerprint density at radius 3 is 1.47 bits per heavy atom. The third kappa shape index (κ3) is 2.72. The number of rotatable bonds is 6. The molecule has 1 aromatic heterocycles. The Kier molecular flexibility index (Phi) is 5.22. The highest BCUT2D eigenvalue weighted by Crippen LogP contribution is 2.35. The molecule has 2 atom stereocenters. The second kappa shape index (κ2) is 6.22. The lowest BCUT2D eigenvalue weighted by atomic mass is 9.89. The summed E-state index contributed by atoms with van der Waals surface area (Å²) in [5.41, 5.74) is 2.21. The molecule has 17 heavy (non-hydrogen) atoms. The molecule has 0 fully saturated rings. The number of aliphatic hydroxyl groups is 2. The highest BCUT2D eigenvalue weighted by molar-refractivity contribution is 5.39. The van der Waals surface area contributed by atoms with Gasteiger partial charge in [-0.1, -0.05) is 27.7 Å². The lowest BCUT2D eigenvalue weighted by Gasteiger charge is -2.15. The molecule has 0 aliphatic carbocycles. The van der Waals surface area contributed by atoms with Crippen LogP contribution in [0.15, 0.2) is 4.42 Å². The van der Waals surface area contributed by atoms with E-state index in [1.165, 1.54) is 0 Å². The Morgan fingerprint density at radius 2 is 1.24 bits per heavy atom. The molecule has 1 aromatic rings. The van der Waals surface area contributed by atoms with E-state index in [0.717, 1.165) is 35.5 Å². The van der Waals surface area contributed by atoms with E-state index in [1.807, 2.05) is 13.8 Å². The molecule has 0 radical (unpaired) electrons. The molecule has 0 spiro atoms. The Labute approximate surface area is 103 Å². The predicted octanol–water partition coefficient (Wildman–Crippen LogP) is 2.60. The summed E-state index contributed by atoms with van der Waals surface area (Å²) >= 11 is 0. The average Bonchev–Trinajstić information content (AvgIpc) is 2.75. The molecule has 0 saturated carbocycles. The van der Waals surface area contributed by atoms with Crippen LogP contribution in [0.4, 0.5) is 0 Å². The van der Waals surface area contributed by atoms with Crippen LogP contribution in [0, 0.1) is 0 Å². The SMILES string of the molecule is CCc1oc(CC)c(C(C)CO)c1C(C)CO. The van der Waals surface area contributed by atoms with Gasteiger partial charge in [-0.15, -0.1) is 0 Å². The van der Waals surface area contributed by atoms with Crippen molar-refractivity contribution < 1.29 is 14.6 Å². The fraction of sp³-hybridized carbons (Fsp3) is 0.714. The number of hydrogen-bond donors (Lipinski definition) is 2. The van der Waals surface area contributed by atoms with Crippen molar-refractivity contribution in [2.45, 2.75) is 52.4 Å². The van der Waals surface area contributed by atoms with Gasteiger partial charge in [0, 0.05) is 49.0 Å². The smallest absolute Gasteiger partial charge is 0.107 e.